The van der Waals surface area contributed by atoms with Gasteiger partial charge in [0.15, 0.2) is 0 Å². The van der Waals surface area contributed by atoms with E-state index < -0.39 is 5.97 Å². The number of nitrogens with one attached hydrogen (secondary N) is 1. The van der Waals surface area contributed by atoms with Crippen LogP contribution in [0.4, 0.5) is 5.69 Å². The van der Waals surface area contributed by atoms with Crippen LogP contribution in [0, 0.1) is 0 Å². The molecule has 0 aliphatic carbocycles. The van der Waals surface area contributed by atoms with Crippen molar-refractivity contribution in [2.75, 3.05) is 11.9 Å². The number of hydrogen-bond acceptors (Lipinski definition) is 4. The lowest BCUT2D eigenvalue weighted by atomic mass is 9.96. The van der Waals surface area contributed by atoms with Crippen LogP contribution in [0.25, 0.3) is 11.1 Å². The van der Waals surface area contributed by atoms with Crippen LogP contribution >= 0.6 is 11.6 Å². The number of ether oxygens (including phenoxy) is 1. The highest BCUT2D eigenvalue weighted by atomic mass is 35.5. The van der Waals surface area contributed by atoms with E-state index in [4.69, 9.17) is 16.3 Å². The Labute approximate surface area is 161 Å². The summed E-state index contributed by atoms with van der Waals surface area (Å²) in [7, 11) is 0. The van der Waals surface area contributed by atoms with Crippen LogP contribution < -0.4 is 10.1 Å². The van der Waals surface area contributed by atoms with Crippen molar-refractivity contribution < 1.29 is 14.6 Å². The number of carboxylic acids is 1. The van der Waals surface area contributed by atoms with E-state index in [1.807, 2.05) is 42.5 Å². The van der Waals surface area contributed by atoms with Crippen molar-refractivity contribution in [2.24, 2.45) is 0 Å². The second kappa shape index (κ2) is 7.29. The van der Waals surface area contributed by atoms with Gasteiger partial charge in [0.2, 0.25) is 0 Å². The van der Waals surface area contributed by atoms with E-state index in [9.17, 15) is 9.90 Å². The maximum Gasteiger partial charge on any atom is 0.337 e. The van der Waals surface area contributed by atoms with E-state index in [0.29, 0.717) is 17.3 Å². The molecule has 1 aliphatic heterocycles. The zero-order valence-corrected chi connectivity index (χ0v) is 15.1. The van der Waals surface area contributed by atoms with Gasteiger partial charge in [-0.25, -0.2) is 4.79 Å². The molecule has 0 saturated carbocycles. The molecule has 0 amide bonds. The molecular formula is C21H17ClN2O3. The fraction of sp³-hybridized carbons (Fsp3) is 0.143. The van der Waals surface area contributed by atoms with Gasteiger partial charge in [0.05, 0.1) is 30.1 Å². The fourth-order valence-electron chi connectivity index (χ4n) is 3.29. The van der Waals surface area contributed by atoms with E-state index in [2.05, 4.69) is 10.3 Å². The third kappa shape index (κ3) is 3.46. The molecule has 1 unspecified atom stereocenters. The Morgan fingerprint density at radius 1 is 1.22 bits per heavy atom. The summed E-state index contributed by atoms with van der Waals surface area (Å²) in [5.74, 6) is -0.210. The second-order valence-corrected chi connectivity index (χ2v) is 6.70. The zero-order chi connectivity index (χ0) is 18.8. The first-order valence-electron chi connectivity index (χ1n) is 8.59. The molecule has 0 bridgehead atoms. The molecule has 27 heavy (non-hydrogen) atoms. The van der Waals surface area contributed by atoms with Crippen LogP contribution in [-0.4, -0.2) is 22.7 Å². The molecule has 0 radical (unpaired) electrons. The molecule has 0 fully saturated rings. The number of nitrogens with zero attached hydrogens (tertiary/aromatic N) is 1. The number of fused-ring (bicyclic) bond motifs is 1. The monoisotopic (exact) mass is 380 g/mol. The molecule has 6 heteroatoms. The minimum Gasteiger partial charge on any atom is -0.493 e. The lowest BCUT2D eigenvalue weighted by molar-refractivity contribution is 0.0697. The normalized spacial score (nSPS) is 15.5. The highest BCUT2D eigenvalue weighted by Crippen LogP contribution is 2.38. The molecule has 2 N–H and O–H groups in total. The van der Waals surface area contributed by atoms with Gasteiger partial charge in [-0.2, -0.15) is 0 Å². The zero-order valence-electron chi connectivity index (χ0n) is 14.4. The lowest BCUT2D eigenvalue weighted by Gasteiger charge is -2.28. The van der Waals surface area contributed by atoms with E-state index in [-0.39, 0.29) is 11.6 Å². The Hall–Kier alpha value is -3.05. The Bertz CT molecular complexity index is 1010. The Morgan fingerprint density at radius 2 is 2.07 bits per heavy atom. The summed E-state index contributed by atoms with van der Waals surface area (Å²) in [5, 5.41) is 13.4. The highest BCUT2D eigenvalue weighted by molar-refractivity contribution is 6.33. The third-order valence-electron chi connectivity index (χ3n) is 4.62. The molecule has 1 aromatic heterocycles. The molecule has 2 aromatic carbocycles. The number of carboxylic acid groups (broad SMARTS) is 1. The summed E-state index contributed by atoms with van der Waals surface area (Å²) in [6.45, 7) is 0.541. The summed E-state index contributed by atoms with van der Waals surface area (Å²) >= 11 is 6.31. The minimum atomic E-state index is -0.985. The molecule has 4 rings (SSSR count). The maximum atomic E-state index is 11.4. The highest BCUT2D eigenvalue weighted by Gasteiger charge is 2.23. The summed E-state index contributed by atoms with van der Waals surface area (Å²) in [4.78, 5) is 15.5. The van der Waals surface area contributed by atoms with Crippen molar-refractivity contribution in [1.29, 1.82) is 0 Å². The number of pyridine rings is 1. The van der Waals surface area contributed by atoms with Crippen molar-refractivity contribution in [3.63, 3.8) is 0 Å². The predicted octanol–water partition coefficient (Wildman–Crippen LogP) is 5.04. The van der Waals surface area contributed by atoms with Gasteiger partial charge in [-0.3, -0.25) is 4.98 Å². The molecule has 136 valence electrons. The van der Waals surface area contributed by atoms with Gasteiger partial charge in [-0.15, -0.1) is 0 Å². The van der Waals surface area contributed by atoms with Crippen LogP contribution in [-0.2, 0) is 0 Å². The van der Waals surface area contributed by atoms with Gasteiger partial charge in [0.25, 0.3) is 0 Å². The van der Waals surface area contributed by atoms with Crippen molar-refractivity contribution in [2.45, 2.75) is 12.5 Å². The number of rotatable bonds is 4. The van der Waals surface area contributed by atoms with Gasteiger partial charge in [0, 0.05) is 28.8 Å². The molecule has 5 nitrogen and oxygen atoms in total. The minimum absolute atomic E-state index is 0.0589. The van der Waals surface area contributed by atoms with Gasteiger partial charge in [-0.05, 0) is 23.8 Å². The average Bonchev–Trinajstić information content (AvgIpc) is 2.68. The quantitative estimate of drug-likeness (QED) is 0.663. The Morgan fingerprint density at radius 3 is 2.89 bits per heavy atom. The Balaban J connectivity index is 1.67. The first-order valence-corrected chi connectivity index (χ1v) is 8.97. The summed E-state index contributed by atoms with van der Waals surface area (Å²) in [6.07, 6.45) is 3.74. The number of aromatic carboxylic acids is 1. The molecule has 2 heterocycles. The Kier molecular flexibility index (Phi) is 4.69. The van der Waals surface area contributed by atoms with E-state index in [0.717, 1.165) is 28.9 Å². The molecule has 0 spiro atoms. The summed E-state index contributed by atoms with van der Waals surface area (Å²) < 4.78 is 5.86. The number of hydrogen-bond donors (Lipinski definition) is 2. The average molecular weight is 381 g/mol. The first kappa shape index (κ1) is 17.4. The van der Waals surface area contributed by atoms with Crippen LogP contribution in [0.2, 0.25) is 5.02 Å². The van der Waals surface area contributed by atoms with Crippen molar-refractivity contribution in [3.8, 4) is 16.9 Å². The molecule has 3 aromatic rings. The predicted molar refractivity (Wildman–Crippen MR) is 105 cm³/mol. The molecular weight excluding hydrogens is 364 g/mol. The number of aromatic nitrogens is 1. The van der Waals surface area contributed by atoms with E-state index in [1.54, 1.807) is 0 Å². The molecule has 1 atom stereocenters. The number of carbonyl (C=O) groups is 1. The van der Waals surface area contributed by atoms with Crippen molar-refractivity contribution in [1.82, 2.24) is 4.98 Å². The smallest absolute Gasteiger partial charge is 0.337 e. The van der Waals surface area contributed by atoms with Crippen molar-refractivity contribution >= 4 is 23.3 Å². The van der Waals surface area contributed by atoms with Crippen molar-refractivity contribution in [3.05, 3.63) is 77.1 Å². The van der Waals surface area contributed by atoms with Gasteiger partial charge in [-0.1, -0.05) is 41.9 Å². The van der Waals surface area contributed by atoms with Gasteiger partial charge < -0.3 is 15.2 Å². The fourth-order valence-corrected chi connectivity index (χ4v) is 3.53. The van der Waals surface area contributed by atoms with Crippen LogP contribution in [0.15, 0.2) is 60.9 Å². The second-order valence-electron chi connectivity index (χ2n) is 6.29. The topological polar surface area (TPSA) is 71.5 Å². The van der Waals surface area contributed by atoms with Crippen LogP contribution in [0.3, 0.4) is 0 Å². The van der Waals surface area contributed by atoms with Crippen LogP contribution in [0.5, 0.6) is 5.75 Å². The lowest BCUT2D eigenvalue weighted by Crippen LogP contribution is -2.21. The van der Waals surface area contributed by atoms with E-state index >= 15 is 0 Å². The van der Waals surface area contributed by atoms with Gasteiger partial charge >= 0.3 is 5.97 Å². The van der Waals surface area contributed by atoms with Gasteiger partial charge in [0.1, 0.15) is 5.75 Å². The first-order chi connectivity index (χ1) is 13.1. The standard InChI is InChI=1S/C21H17ClN2O3/c22-17-4-2-1-3-14(17)13-5-6-15-18(8-10-27-20(15)11-13)24-19-12-23-9-7-16(19)21(25)26/h1-7,9,11-12,18,24H,8,10H2,(H,25,26). The molecule has 1 aliphatic rings. The molecule has 0 saturated heterocycles. The number of benzene rings is 2. The third-order valence-corrected chi connectivity index (χ3v) is 4.95. The number of anilines is 1. The van der Waals surface area contributed by atoms with Crippen LogP contribution in [0.1, 0.15) is 28.4 Å². The maximum absolute atomic E-state index is 11.4. The SMILES string of the molecule is O=C(O)c1ccncc1NC1CCOc2cc(-c3ccccc3Cl)ccc21. The summed E-state index contributed by atoms with van der Waals surface area (Å²) in [6, 6.07) is 15.1. The van der Waals surface area contributed by atoms with E-state index in [1.165, 1.54) is 18.5 Å². The largest absolute Gasteiger partial charge is 0.493 e. The number of halogens is 1. The summed E-state index contributed by atoms with van der Waals surface area (Å²) in [5.41, 5.74) is 3.61.